The molecular weight excluding hydrogens is 304 g/mol. The molecule has 4 atom stereocenters. The van der Waals surface area contributed by atoms with Gasteiger partial charge in [-0.15, -0.1) is 0 Å². The number of hydrazone groups is 1. The SMILES string of the molecule is CCOc1ccc(/C=N\N2C(=O)[C@@H]3[C@@H](C2=O)[C@H]2C=C[C@H]3CC2)cc1. The van der Waals surface area contributed by atoms with Gasteiger partial charge in [0.1, 0.15) is 5.75 Å². The molecule has 1 aromatic rings. The van der Waals surface area contributed by atoms with Crippen LogP contribution in [0.4, 0.5) is 0 Å². The van der Waals surface area contributed by atoms with Crippen LogP contribution >= 0.6 is 0 Å². The third kappa shape index (κ3) is 2.35. The van der Waals surface area contributed by atoms with E-state index in [0.29, 0.717) is 6.61 Å². The predicted molar refractivity (Wildman–Crippen MR) is 89.4 cm³/mol. The maximum Gasteiger partial charge on any atom is 0.254 e. The Morgan fingerprint density at radius 1 is 1.08 bits per heavy atom. The molecule has 24 heavy (non-hydrogen) atoms. The highest BCUT2D eigenvalue weighted by Crippen LogP contribution is 2.49. The van der Waals surface area contributed by atoms with E-state index in [1.807, 2.05) is 31.2 Å². The van der Waals surface area contributed by atoms with E-state index in [0.717, 1.165) is 29.2 Å². The topological polar surface area (TPSA) is 59.0 Å². The molecule has 5 rings (SSSR count). The van der Waals surface area contributed by atoms with E-state index in [2.05, 4.69) is 17.3 Å². The minimum absolute atomic E-state index is 0.147. The molecule has 0 N–H and O–H groups in total. The fourth-order valence-electron chi connectivity index (χ4n) is 4.11. The Hall–Kier alpha value is -2.43. The van der Waals surface area contributed by atoms with Gasteiger partial charge in [-0.1, -0.05) is 12.2 Å². The van der Waals surface area contributed by atoms with Crippen LogP contribution < -0.4 is 4.74 Å². The van der Waals surface area contributed by atoms with Gasteiger partial charge >= 0.3 is 0 Å². The molecule has 4 aliphatic rings. The van der Waals surface area contributed by atoms with Crippen LogP contribution in [0, 0.1) is 23.7 Å². The van der Waals surface area contributed by atoms with Crippen molar-refractivity contribution in [2.75, 3.05) is 6.61 Å². The quantitative estimate of drug-likeness (QED) is 0.486. The summed E-state index contributed by atoms with van der Waals surface area (Å²) in [5.41, 5.74) is 0.829. The zero-order valence-electron chi connectivity index (χ0n) is 13.6. The molecule has 0 spiro atoms. The van der Waals surface area contributed by atoms with Crippen molar-refractivity contribution in [2.24, 2.45) is 28.8 Å². The van der Waals surface area contributed by atoms with Crippen molar-refractivity contribution in [3.63, 3.8) is 0 Å². The highest BCUT2D eigenvalue weighted by molar-refractivity contribution is 6.06. The number of rotatable bonds is 4. The van der Waals surface area contributed by atoms with Crippen LogP contribution in [0.3, 0.4) is 0 Å². The summed E-state index contributed by atoms with van der Waals surface area (Å²) >= 11 is 0. The van der Waals surface area contributed by atoms with Gasteiger partial charge in [0.15, 0.2) is 0 Å². The number of hydrogen-bond acceptors (Lipinski definition) is 4. The molecule has 0 radical (unpaired) electrons. The van der Waals surface area contributed by atoms with Crippen LogP contribution in [0.5, 0.6) is 5.75 Å². The van der Waals surface area contributed by atoms with Crippen molar-refractivity contribution in [3.05, 3.63) is 42.0 Å². The normalized spacial score (nSPS) is 31.1. The maximum absolute atomic E-state index is 12.6. The molecule has 1 saturated heterocycles. The molecular formula is C19H20N2O3. The molecule has 2 amide bonds. The lowest BCUT2D eigenvalue weighted by Gasteiger charge is -2.37. The second-order valence-corrected chi connectivity index (χ2v) is 6.58. The molecule has 0 unspecified atom stereocenters. The van der Waals surface area contributed by atoms with Crippen LogP contribution in [0.15, 0.2) is 41.5 Å². The number of hydrogen-bond donors (Lipinski definition) is 0. The average molecular weight is 324 g/mol. The lowest BCUT2D eigenvalue weighted by molar-refractivity contribution is -0.140. The van der Waals surface area contributed by atoms with E-state index in [4.69, 9.17) is 4.74 Å². The van der Waals surface area contributed by atoms with Crippen molar-refractivity contribution in [3.8, 4) is 5.75 Å². The summed E-state index contributed by atoms with van der Waals surface area (Å²) in [5, 5.41) is 5.28. The number of allylic oxidation sites excluding steroid dienone is 2. The number of benzene rings is 1. The van der Waals surface area contributed by atoms with Crippen LogP contribution in [0.25, 0.3) is 0 Å². The third-order valence-corrected chi connectivity index (χ3v) is 5.25. The number of ether oxygens (including phenoxy) is 1. The second-order valence-electron chi connectivity index (χ2n) is 6.58. The van der Waals surface area contributed by atoms with Gasteiger partial charge in [-0.25, -0.2) is 0 Å². The maximum atomic E-state index is 12.6. The Labute approximate surface area is 141 Å². The number of carbonyl (C=O) groups is 2. The van der Waals surface area contributed by atoms with Gasteiger partial charge in [0.25, 0.3) is 11.8 Å². The van der Waals surface area contributed by atoms with Gasteiger partial charge in [-0.2, -0.15) is 10.1 Å². The number of imide groups is 1. The Morgan fingerprint density at radius 3 is 2.17 bits per heavy atom. The molecule has 1 saturated carbocycles. The summed E-state index contributed by atoms with van der Waals surface area (Å²) < 4.78 is 5.40. The van der Waals surface area contributed by atoms with Crippen molar-refractivity contribution in [1.29, 1.82) is 0 Å². The van der Waals surface area contributed by atoms with Crippen molar-refractivity contribution >= 4 is 18.0 Å². The van der Waals surface area contributed by atoms with Gasteiger partial charge in [-0.3, -0.25) is 9.59 Å². The molecule has 124 valence electrons. The second kappa shape index (κ2) is 5.89. The van der Waals surface area contributed by atoms with Gasteiger partial charge in [0.2, 0.25) is 0 Å². The van der Waals surface area contributed by atoms with E-state index in [9.17, 15) is 9.59 Å². The van der Waals surface area contributed by atoms with Gasteiger partial charge < -0.3 is 4.74 Å². The van der Waals surface area contributed by atoms with Crippen molar-refractivity contribution < 1.29 is 14.3 Å². The first-order valence-electron chi connectivity index (χ1n) is 8.52. The summed E-state index contributed by atoms with van der Waals surface area (Å²) in [6.45, 7) is 2.55. The van der Waals surface area contributed by atoms with E-state index < -0.39 is 0 Å². The number of nitrogens with zero attached hydrogens (tertiary/aromatic N) is 2. The fourth-order valence-corrected chi connectivity index (χ4v) is 4.11. The Morgan fingerprint density at radius 2 is 1.67 bits per heavy atom. The zero-order valence-corrected chi connectivity index (χ0v) is 13.6. The highest BCUT2D eigenvalue weighted by atomic mass is 16.5. The standard InChI is InChI=1S/C19H20N2O3/c1-2-24-15-9-3-12(4-10-15)11-20-21-18(22)16-13-5-6-14(8-7-13)17(16)19(21)23/h3-6,9-11,13-14,16-17H,2,7-8H2,1H3/b20-11-/t13-,14-,16-,17-/m0/s1. The Balaban J connectivity index is 1.53. The number of fused-ring (bicyclic) bond motifs is 1. The fraction of sp³-hybridized carbons (Fsp3) is 0.421. The Bertz CT molecular complexity index is 691. The predicted octanol–water partition coefficient (Wildman–Crippen LogP) is 2.62. The van der Waals surface area contributed by atoms with E-state index >= 15 is 0 Å². The van der Waals surface area contributed by atoms with Gasteiger partial charge in [0, 0.05) is 0 Å². The van der Waals surface area contributed by atoms with Crippen LogP contribution in [-0.2, 0) is 9.59 Å². The summed E-state index contributed by atoms with van der Waals surface area (Å²) in [4.78, 5) is 25.3. The molecule has 5 heteroatoms. The van der Waals surface area contributed by atoms with E-state index in [-0.39, 0.29) is 35.5 Å². The molecule has 2 fully saturated rings. The molecule has 3 aliphatic carbocycles. The average Bonchev–Trinajstić information content (AvgIpc) is 2.89. The zero-order chi connectivity index (χ0) is 16.7. The molecule has 1 aliphatic heterocycles. The lowest BCUT2D eigenvalue weighted by atomic mass is 9.63. The van der Waals surface area contributed by atoms with Gasteiger partial charge in [-0.05, 0) is 61.4 Å². The summed E-state index contributed by atoms with van der Waals surface area (Å²) in [6, 6.07) is 7.42. The van der Waals surface area contributed by atoms with Crippen LogP contribution in [0.2, 0.25) is 0 Å². The summed E-state index contributed by atoms with van der Waals surface area (Å²) in [5.74, 6) is 0.468. The van der Waals surface area contributed by atoms with Crippen LogP contribution in [0.1, 0.15) is 25.3 Å². The third-order valence-electron chi connectivity index (χ3n) is 5.25. The smallest absolute Gasteiger partial charge is 0.254 e. The first kappa shape index (κ1) is 15.1. The molecule has 0 aromatic heterocycles. The summed E-state index contributed by atoms with van der Waals surface area (Å²) in [6.07, 6.45) is 7.79. The first-order valence-corrected chi connectivity index (χ1v) is 8.52. The lowest BCUT2D eigenvalue weighted by Crippen LogP contribution is -2.38. The first-order chi connectivity index (χ1) is 11.7. The molecule has 1 heterocycles. The summed E-state index contributed by atoms with van der Waals surface area (Å²) in [7, 11) is 0. The minimum atomic E-state index is -0.210. The molecule has 2 bridgehead atoms. The molecule has 5 nitrogen and oxygen atoms in total. The number of amides is 2. The van der Waals surface area contributed by atoms with E-state index in [1.165, 1.54) is 0 Å². The van der Waals surface area contributed by atoms with Crippen molar-refractivity contribution in [2.45, 2.75) is 19.8 Å². The molecule has 1 aromatic carbocycles. The van der Waals surface area contributed by atoms with Gasteiger partial charge in [0.05, 0.1) is 24.7 Å². The highest BCUT2D eigenvalue weighted by Gasteiger charge is 2.56. The van der Waals surface area contributed by atoms with Crippen LogP contribution in [-0.4, -0.2) is 29.6 Å². The minimum Gasteiger partial charge on any atom is -0.494 e. The van der Waals surface area contributed by atoms with E-state index in [1.54, 1.807) is 6.21 Å². The number of carbonyl (C=O) groups excluding carboxylic acids is 2. The Kier molecular flexibility index (Phi) is 3.71. The van der Waals surface area contributed by atoms with Crippen molar-refractivity contribution in [1.82, 2.24) is 5.01 Å². The monoisotopic (exact) mass is 324 g/mol. The largest absolute Gasteiger partial charge is 0.494 e.